The van der Waals surface area contributed by atoms with E-state index in [9.17, 15) is 14.0 Å². The molecule has 130 valence electrons. The van der Waals surface area contributed by atoms with Crippen molar-refractivity contribution in [3.05, 3.63) is 41.3 Å². The van der Waals surface area contributed by atoms with Crippen molar-refractivity contribution in [3.63, 3.8) is 0 Å². The van der Waals surface area contributed by atoms with Crippen molar-refractivity contribution in [2.24, 2.45) is 13.0 Å². The monoisotopic (exact) mass is 360 g/mol. The molecule has 25 heavy (non-hydrogen) atoms. The second kappa shape index (κ2) is 6.18. The van der Waals surface area contributed by atoms with Crippen LogP contribution in [0.3, 0.4) is 0 Å². The fourth-order valence-electron chi connectivity index (χ4n) is 3.30. The smallest absolute Gasteiger partial charge is 0.230 e. The highest BCUT2D eigenvalue weighted by atomic mass is 32.2. The van der Waals surface area contributed by atoms with E-state index in [0.29, 0.717) is 5.82 Å². The van der Waals surface area contributed by atoms with Crippen molar-refractivity contribution in [2.45, 2.75) is 17.9 Å². The van der Waals surface area contributed by atoms with Gasteiger partial charge in [0.2, 0.25) is 11.8 Å². The quantitative estimate of drug-likeness (QED) is 0.912. The number of para-hydroxylation sites is 1. The number of halogens is 1. The van der Waals surface area contributed by atoms with Crippen molar-refractivity contribution in [3.8, 4) is 0 Å². The molecule has 2 amide bonds. The zero-order valence-corrected chi connectivity index (χ0v) is 14.5. The molecular weight excluding hydrogens is 343 g/mol. The third-order valence-electron chi connectivity index (χ3n) is 4.59. The molecule has 0 spiro atoms. The molecule has 2 aromatic rings. The van der Waals surface area contributed by atoms with E-state index in [1.165, 1.54) is 11.0 Å². The van der Waals surface area contributed by atoms with Gasteiger partial charge in [-0.3, -0.25) is 14.3 Å². The van der Waals surface area contributed by atoms with E-state index in [1.807, 2.05) is 0 Å². The number of carbonyl (C=O) groups excluding carboxylic acids is 2. The molecule has 0 aliphatic carbocycles. The summed E-state index contributed by atoms with van der Waals surface area (Å²) in [5.41, 5.74) is 2.27. The Bertz CT molecular complexity index is 866. The second-order valence-electron chi connectivity index (χ2n) is 6.24. The molecule has 0 saturated carbocycles. The number of carbonyl (C=O) groups is 2. The largest absolute Gasteiger partial charge is 0.310 e. The Hall–Kier alpha value is -2.35. The van der Waals surface area contributed by atoms with E-state index in [4.69, 9.17) is 0 Å². The van der Waals surface area contributed by atoms with Crippen LogP contribution in [-0.4, -0.2) is 28.1 Å². The number of aromatic nitrogens is 2. The van der Waals surface area contributed by atoms with Gasteiger partial charge in [-0.15, -0.1) is 0 Å². The number of hydrogen-bond donors (Lipinski definition) is 1. The van der Waals surface area contributed by atoms with Gasteiger partial charge in [0.25, 0.3) is 0 Å². The summed E-state index contributed by atoms with van der Waals surface area (Å²) in [6, 6.07) is 6.12. The first-order chi connectivity index (χ1) is 12.0. The molecule has 0 unspecified atom stereocenters. The van der Waals surface area contributed by atoms with Crippen molar-refractivity contribution < 1.29 is 14.0 Å². The predicted octanol–water partition coefficient (Wildman–Crippen LogP) is 2.30. The molecule has 2 aliphatic rings. The van der Waals surface area contributed by atoms with Crippen LogP contribution in [0.5, 0.6) is 0 Å². The van der Waals surface area contributed by atoms with Crippen LogP contribution in [0.4, 0.5) is 15.9 Å². The Morgan fingerprint density at radius 3 is 2.96 bits per heavy atom. The summed E-state index contributed by atoms with van der Waals surface area (Å²) in [5, 5.41) is 7.33. The molecule has 1 atom stereocenters. The molecule has 1 aromatic heterocycles. The Balaban J connectivity index is 1.51. The highest BCUT2D eigenvalue weighted by Gasteiger charge is 2.37. The molecule has 8 heteroatoms. The molecule has 0 radical (unpaired) electrons. The lowest BCUT2D eigenvalue weighted by Gasteiger charge is -2.17. The summed E-state index contributed by atoms with van der Waals surface area (Å²) in [6.07, 6.45) is 0.0783. The Morgan fingerprint density at radius 2 is 2.16 bits per heavy atom. The lowest BCUT2D eigenvalue weighted by atomic mass is 10.1. The zero-order valence-electron chi connectivity index (χ0n) is 13.7. The van der Waals surface area contributed by atoms with Gasteiger partial charge in [0.15, 0.2) is 0 Å². The van der Waals surface area contributed by atoms with Crippen LogP contribution in [0.2, 0.25) is 0 Å². The average molecular weight is 360 g/mol. The SMILES string of the molecule is Cn1nc2c(c1NC(=O)[C@@H]1CC(=O)N(c3ccccc3F)C1)CSC2. The maximum absolute atomic E-state index is 13.9. The van der Waals surface area contributed by atoms with E-state index < -0.39 is 11.7 Å². The predicted molar refractivity (Wildman–Crippen MR) is 93.7 cm³/mol. The maximum atomic E-state index is 13.9. The Labute approximate surface area is 148 Å². The van der Waals surface area contributed by atoms with Gasteiger partial charge in [-0.25, -0.2) is 4.39 Å². The van der Waals surface area contributed by atoms with Gasteiger partial charge in [0, 0.05) is 37.1 Å². The number of rotatable bonds is 3. The summed E-state index contributed by atoms with van der Waals surface area (Å²) in [4.78, 5) is 26.2. The number of thioether (sulfide) groups is 1. The van der Waals surface area contributed by atoms with Crippen molar-refractivity contribution in [1.82, 2.24) is 9.78 Å². The number of benzene rings is 1. The van der Waals surface area contributed by atoms with Crippen LogP contribution in [0.25, 0.3) is 0 Å². The highest BCUT2D eigenvalue weighted by Crippen LogP contribution is 2.35. The third-order valence-corrected chi connectivity index (χ3v) is 5.56. The minimum atomic E-state index is -0.508. The van der Waals surface area contributed by atoms with Gasteiger partial charge < -0.3 is 10.2 Å². The fourth-order valence-corrected chi connectivity index (χ4v) is 4.34. The van der Waals surface area contributed by atoms with E-state index in [-0.39, 0.29) is 30.5 Å². The van der Waals surface area contributed by atoms with E-state index in [1.54, 1.807) is 41.7 Å². The van der Waals surface area contributed by atoms with Crippen LogP contribution in [-0.2, 0) is 28.1 Å². The standard InChI is InChI=1S/C17H17FN4O2S/c1-21-16(11-8-25-9-13(11)20-21)19-17(24)10-6-15(23)22(7-10)14-5-3-2-4-12(14)18/h2-5,10H,6-9H2,1H3,(H,19,24)/t10-/m1/s1. The molecule has 1 fully saturated rings. The first-order valence-corrected chi connectivity index (χ1v) is 9.18. The van der Waals surface area contributed by atoms with E-state index >= 15 is 0 Å². The minimum absolute atomic E-state index is 0.0783. The molecule has 1 aromatic carbocycles. The summed E-state index contributed by atoms with van der Waals surface area (Å²) in [6.45, 7) is 0.181. The Morgan fingerprint density at radius 1 is 1.36 bits per heavy atom. The van der Waals surface area contributed by atoms with Crippen molar-refractivity contribution in [2.75, 3.05) is 16.8 Å². The molecular formula is C17H17FN4O2S. The number of fused-ring (bicyclic) bond motifs is 1. The Kier molecular flexibility index (Phi) is 3.99. The van der Waals surface area contributed by atoms with Crippen molar-refractivity contribution in [1.29, 1.82) is 0 Å². The molecule has 3 heterocycles. The van der Waals surface area contributed by atoms with Crippen LogP contribution in [0.1, 0.15) is 17.7 Å². The van der Waals surface area contributed by atoms with Crippen molar-refractivity contribution >= 4 is 35.1 Å². The second-order valence-corrected chi connectivity index (χ2v) is 7.22. The van der Waals surface area contributed by atoms with Crippen LogP contribution >= 0.6 is 11.8 Å². The lowest BCUT2D eigenvalue weighted by Crippen LogP contribution is -2.29. The number of anilines is 2. The average Bonchev–Trinajstić information content (AvgIpc) is 3.25. The fraction of sp³-hybridized carbons (Fsp3) is 0.353. The number of nitrogens with one attached hydrogen (secondary N) is 1. The zero-order chi connectivity index (χ0) is 17.6. The topological polar surface area (TPSA) is 67.2 Å². The van der Waals surface area contributed by atoms with E-state index in [0.717, 1.165) is 22.8 Å². The molecule has 1 N–H and O–H groups in total. The number of hydrogen-bond acceptors (Lipinski definition) is 4. The third kappa shape index (κ3) is 2.80. The number of nitrogens with zero attached hydrogens (tertiary/aromatic N) is 3. The van der Waals surface area contributed by atoms with Gasteiger partial charge >= 0.3 is 0 Å². The van der Waals surface area contributed by atoms with Crippen LogP contribution < -0.4 is 10.2 Å². The maximum Gasteiger partial charge on any atom is 0.230 e. The van der Waals surface area contributed by atoms with E-state index in [2.05, 4.69) is 10.4 Å². The first kappa shape index (κ1) is 16.1. The number of aryl methyl sites for hydroxylation is 1. The summed E-state index contributed by atoms with van der Waals surface area (Å²) < 4.78 is 15.6. The summed E-state index contributed by atoms with van der Waals surface area (Å²) in [5.74, 6) is 0.934. The molecule has 2 aliphatic heterocycles. The van der Waals surface area contributed by atoms with Gasteiger partial charge in [-0.05, 0) is 12.1 Å². The lowest BCUT2D eigenvalue weighted by molar-refractivity contribution is -0.122. The van der Waals surface area contributed by atoms with Gasteiger partial charge in [-0.1, -0.05) is 12.1 Å². The molecule has 1 saturated heterocycles. The molecule has 4 rings (SSSR count). The summed E-state index contributed by atoms with van der Waals surface area (Å²) in [7, 11) is 1.80. The van der Waals surface area contributed by atoms with Crippen LogP contribution in [0.15, 0.2) is 24.3 Å². The molecule has 6 nitrogen and oxygen atoms in total. The minimum Gasteiger partial charge on any atom is -0.310 e. The highest BCUT2D eigenvalue weighted by molar-refractivity contribution is 7.98. The number of amides is 2. The molecule has 0 bridgehead atoms. The normalized spacial score (nSPS) is 19.4. The van der Waals surface area contributed by atoms with Gasteiger partial charge in [0.1, 0.15) is 11.6 Å². The summed E-state index contributed by atoms with van der Waals surface area (Å²) >= 11 is 1.76. The van der Waals surface area contributed by atoms with Gasteiger partial charge in [0.05, 0.1) is 17.3 Å². The van der Waals surface area contributed by atoms with Gasteiger partial charge in [-0.2, -0.15) is 16.9 Å². The van der Waals surface area contributed by atoms with Crippen LogP contribution in [0, 0.1) is 11.7 Å². The first-order valence-electron chi connectivity index (χ1n) is 8.03.